The Morgan fingerprint density at radius 3 is 2.67 bits per heavy atom. The van der Waals surface area contributed by atoms with Gasteiger partial charge >= 0.3 is 5.69 Å². The number of amides is 1. The molecule has 0 fully saturated rings. The van der Waals surface area contributed by atoms with Crippen molar-refractivity contribution in [2.24, 2.45) is 0 Å². The summed E-state index contributed by atoms with van der Waals surface area (Å²) in [4.78, 5) is 26.0. The molecule has 0 saturated carbocycles. The van der Waals surface area contributed by atoms with Gasteiger partial charge in [0.2, 0.25) is 5.91 Å². The highest BCUT2D eigenvalue weighted by molar-refractivity contribution is 5.76. The van der Waals surface area contributed by atoms with Crippen molar-refractivity contribution in [2.45, 2.75) is 39.5 Å². The Bertz CT molecular complexity index is 687. The zero-order chi connectivity index (χ0) is 15.6. The van der Waals surface area contributed by atoms with E-state index >= 15 is 0 Å². The molecule has 1 atom stereocenters. The van der Waals surface area contributed by atoms with Crippen LogP contribution in [0.5, 0.6) is 0 Å². The lowest BCUT2D eigenvalue weighted by Gasteiger charge is -2.27. The van der Waals surface area contributed by atoms with Crippen LogP contribution in [0.15, 0.2) is 29.2 Å². The van der Waals surface area contributed by atoms with Crippen LogP contribution in [0.2, 0.25) is 0 Å². The summed E-state index contributed by atoms with van der Waals surface area (Å²) in [5, 5.41) is 13.6. The fraction of sp³-hybridized carbons (Fsp3) is 0.500. The van der Waals surface area contributed by atoms with Gasteiger partial charge in [0.25, 0.3) is 0 Å². The number of rotatable bonds is 5. The summed E-state index contributed by atoms with van der Waals surface area (Å²) < 4.78 is 2.54. The lowest BCUT2D eigenvalue weighted by atomic mass is 10.2. The van der Waals surface area contributed by atoms with Crippen molar-refractivity contribution in [1.29, 1.82) is 0 Å². The van der Waals surface area contributed by atoms with E-state index < -0.39 is 6.10 Å². The van der Waals surface area contributed by atoms with Crippen LogP contribution in [-0.4, -0.2) is 48.8 Å². The Labute approximate surface area is 122 Å². The Morgan fingerprint density at radius 1 is 1.38 bits per heavy atom. The maximum atomic E-state index is 12.3. The van der Waals surface area contributed by atoms with E-state index in [9.17, 15) is 14.7 Å². The van der Waals surface area contributed by atoms with Crippen molar-refractivity contribution in [1.82, 2.24) is 19.1 Å². The van der Waals surface area contributed by atoms with Gasteiger partial charge in [-0.15, -0.1) is 5.10 Å². The van der Waals surface area contributed by atoms with Crippen LogP contribution in [0.25, 0.3) is 5.65 Å². The molecule has 0 aliphatic carbocycles. The van der Waals surface area contributed by atoms with E-state index in [1.165, 1.54) is 4.40 Å². The second-order valence-electron chi connectivity index (χ2n) is 5.36. The first-order chi connectivity index (χ1) is 9.90. The highest BCUT2D eigenvalue weighted by Gasteiger charge is 2.20. The standard InChI is InChI=1S/C14H20N4O3/c1-10(2)17(8-11(3)19)13(20)9-18-14(21)16-7-5-4-6-12(16)15-18/h4-7,10-11,19H,8-9H2,1-3H3. The zero-order valence-corrected chi connectivity index (χ0v) is 12.4. The molecule has 0 aromatic carbocycles. The van der Waals surface area contributed by atoms with E-state index in [2.05, 4.69) is 5.10 Å². The van der Waals surface area contributed by atoms with Crippen LogP contribution in [0.1, 0.15) is 20.8 Å². The lowest BCUT2D eigenvalue weighted by molar-refractivity contribution is -0.135. The Balaban J connectivity index is 2.24. The fourth-order valence-corrected chi connectivity index (χ4v) is 2.18. The first-order valence-corrected chi connectivity index (χ1v) is 6.92. The van der Waals surface area contributed by atoms with Crippen LogP contribution in [-0.2, 0) is 11.3 Å². The number of aliphatic hydroxyl groups is 1. The normalized spacial score (nSPS) is 12.8. The number of fused-ring (bicyclic) bond motifs is 1. The molecule has 2 aromatic rings. The number of aliphatic hydroxyl groups excluding tert-OH is 1. The molecule has 21 heavy (non-hydrogen) atoms. The monoisotopic (exact) mass is 292 g/mol. The summed E-state index contributed by atoms with van der Waals surface area (Å²) >= 11 is 0. The molecule has 0 radical (unpaired) electrons. The largest absolute Gasteiger partial charge is 0.392 e. The second-order valence-corrected chi connectivity index (χ2v) is 5.36. The van der Waals surface area contributed by atoms with E-state index in [0.29, 0.717) is 5.65 Å². The molecule has 0 bridgehead atoms. The number of hydrogen-bond acceptors (Lipinski definition) is 4. The molecule has 1 unspecified atom stereocenters. The summed E-state index contributed by atoms with van der Waals surface area (Å²) in [6, 6.07) is 5.16. The van der Waals surface area contributed by atoms with Gasteiger partial charge in [-0.3, -0.25) is 9.20 Å². The molecule has 0 aliphatic rings. The van der Waals surface area contributed by atoms with Gasteiger partial charge in [0.15, 0.2) is 5.65 Å². The van der Waals surface area contributed by atoms with Gasteiger partial charge < -0.3 is 10.0 Å². The van der Waals surface area contributed by atoms with Crippen LogP contribution >= 0.6 is 0 Å². The Morgan fingerprint density at radius 2 is 2.10 bits per heavy atom. The van der Waals surface area contributed by atoms with Crippen molar-refractivity contribution in [3.05, 3.63) is 34.9 Å². The minimum Gasteiger partial charge on any atom is -0.392 e. The molecule has 7 nitrogen and oxygen atoms in total. The lowest BCUT2D eigenvalue weighted by Crippen LogP contribution is -2.44. The minimum atomic E-state index is -0.617. The zero-order valence-electron chi connectivity index (χ0n) is 12.4. The number of nitrogens with zero attached hydrogens (tertiary/aromatic N) is 4. The van der Waals surface area contributed by atoms with Gasteiger partial charge in [-0.2, -0.15) is 0 Å². The Kier molecular flexibility index (Phi) is 4.42. The molecular weight excluding hydrogens is 272 g/mol. The van der Waals surface area contributed by atoms with Crippen molar-refractivity contribution in [3.63, 3.8) is 0 Å². The van der Waals surface area contributed by atoms with Crippen LogP contribution < -0.4 is 5.69 Å². The van der Waals surface area contributed by atoms with Crippen LogP contribution in [0.3, 0.4) is 0 Å². The van der Waals surface area contributed by atoms with Crippen molar-refractivity contribution in [3.8, 4) is 0 Å². The summed E-state index contributed by atoms with van der Waals surface area (Å²) in [6.07, 6.45) is 0.996. The number of hydrogen-bond donors (Lipinski definition) is 1. The summed E-state index contributed by atoms with van der Waals surface area (Å²) in [6.45, 7) is 5.46. The predicted octanol–water partition coefficient (Wildman–Crippen LogP) is 0.114. The molecule has 114 valence electrons. The summed E-state index contributed by atoms with van der Waals surface area (Å²) in [5.74, 6) is -0.239. The highest BCUT2D eigenvalue weighted by atomic mass is 16.3. The fourth-order valence-electron chi connectivity index (χ4n) is 2.18. The molecule has 0 spiro atoms. The van der Waals surface area contributed by atoms with Gasteiger partial charge in [-0.05, 0) is 32.9 Å². The molecule has 0 aliphatic heterocycles. The third kappa shape index (κ3) is 3.30. The van der Waals surface area contributed by atoms with E-state index in [-0.39, 0.29) is 30.7 Å². The summed E-state index contributed by atoms with van der Waals surface area (Å²) in [5.41, 5.74) is 0.154. The van der Waals surface area contributed by atoms with Crippen LogP contribution in [0.4, 0.5) is 0 Å². The minimum absolute atomic E-state index is 0.0557. The molecule has 7 heteroatoms. The second kappa shape index (κ2) is 6.09. The number of carbonyl (C=O) groups excluding carboxylic acids is 1. The smallest absolute Gasteiger partial charge is 0.350 e. The van der Waals surface area contributed by atoms with Gasteiger partial charge in [0, 0.05) is 18.8 Å². The van der Waals surface area contributed by atoms with Crippen molar-refractivity contribution >= 4 is 11.6 Å². The first kappa shape index (κ1) is 15.2. The third-order valence-corrected chi connectivity index (χ3v) is 3.18. The van der Waals surface area contributed by atoms with E-state index in [1.807, 2.05) is 13.8 Å². The number of aromatic nitrogens is 3. The van der Waals surface area contributed by atoms with Crippen molar-refractivity contribution < 1.29 is 9.90 Å². The molecule has 2 aromatic heterocycles. The maximum absolute atomic E-state index is 12.3. The molecule has 2 rings (SSSR count). The topological polar surface area (TPSA) is 79.8 Å². The van der Waals surface area contributed by atoms with Crippen LogP contribution in [0, 0.1) is 0 Å². The highest BCUT2D eigenvalue weighted by Crippen LogP contribution is 2.03. The molecule has 1 N–H and O–H groups in total. The van der Waals surface area contributed by atoms with Crippen molar-refractivity contribution in [2.75, 3.05) is 6.54 Å². The van der Waals surface area contributed by atoms with E-state index in [0.717, 1.165) is 4.68 Å². The predicted molar refractivity (Wildman–Crippen MR) is 78.0 cm³/mol. The van der Waals surface area contributed by atoms with Gasteiger partial charge in [0.1, 0.15) is 6.54 Å². The molecule has 1 amide bonds. The number of pyridine rings is 1. The van der Waals surface area contributed by atoms with E-state index in [4.69, 9.17) is 0 Å². The quantitative estimate of drug-likeness (QED) is 0.848. The van der Waals surface area contributed by atoms with Gasteiger partial charge in [-0.25, -0.2) is 9.48 Å². The maximum Gasteiger partial charge on any atom is 0.350 e. The molecular formula is C14H20N4O3. The third-order valence-electron chi connectivity index (χ3n) is 3.18. The molecule has 0 saturated heterocycles. The number of carbonyl (C=O) groups is 1. The summed E-state index contributed by atoms with van der Waals surface area (Å²) in [7, 11) is 0. The van der Waals surface area contributed by atoms with E-state index in [1.54, 1.807) is 36.2 Å². The average Bonchev–Trinajstić information content (AvgIpc) is 2.73. The van der Waals surface area contributed by atoms with Gasteiger partial charge in [-0.1, -0.05) is 6.07 Å². The Hall–Kier alpha value is -2.15. The van der Waals surface area contributed by atoms with Gasteiger partial charge in [0.05, 0.1) is 6.10 Å². The first-order valence-electron chi connectivity index (χ1n) is 6.92. The average molecular weight is 292 g/mol. The molecule has 2 heterocycles. The SMILES string of the molecule is CC(O)CN(C(=O)Cn1nc2ccccn2c1=O)C(C)C.